The highest BCUT2D eigenvalue weighted by atomic mass is 19.4. The predicted molar refractivity (Wildman–Crippen MR) is 103 cm³/mol. The first-order valence-electron chi connectivity index (χ1n) is 8.83. The van der Waals surface area contributed by atoms with Gasteiger partial charge in [-0.2, -0.15) is 18.3 Å². The van der Waals surface area contributed by atoms with Gasteiger partial charge in [0.1, 0.15) is 0 Å². The van der Waals surface area contributed by atoms with E-state index in [9.17, 15) is 28.2 Å². The van der Waals surface area contributed by atoms with Crippen LogP contribution in [0, 0.1) is 0 Å². The van der Waals surface area contributed by atoms with Gasteiger partial charge in [0, 0.05) is 18.0 Å². The van der Waals surface area contributed by atoms with Gasteiger partial charge in [0.2, 0.25) is 16.9 Å². The first kappa shape index (κ1) is 20.9. The van der Waals surface area contributed by atoms with Gasteiger partial charge in [0.05, 0.1) is 17.1 Å². The van der Waals surface area contributed by atoms with E-state index in [4.69, 9.17) is 4.42 Å². The lowest BCUT2D eigenvalue weighted by molar-refractivity contribution is -0.152. The summed E-state index contributed by atoms with van der Waals surface area (Å²) < 4.78 is 46.8. The van der Waals surface area contributed by atoms with Gasteiger partial charge in [-0.05, 0) is 24.3 Å². The maximum absolute atomic E-state index is 13.6. The number of aromatic hydroxyl groups is 2. The summed E-state index contributed by atoms with van der Waals surface area (Å²) in [6.07, 6.45) is -1.25. The van der Waals surface area contributed by atoms with E-state index >= 15 is 0 Å². The van der Waals surface area contributed by atoms with E-state index in [1.807, 2.05) is 13.8 Å². The van der Waals surface area contributed by atoms with Crippen LogP contribution in [0.3, 0.4) is 0 Å². The highest BCUT2D eigenvalue weighted by Gasteiger charge is 2.40. The van der Waals surface area contributed by atoms with Gasteiger partial charge in [-0.25, -0.2) is 9.67 Å². The summed E-state index contributed by atoms with van der Waals surface area (Å²) in [5.74, 6) is -2.92. The highest BCUT2D eigenvalue weighted by molar-refractivity contribution is 5.88. The van der Waals surface area contributed by atoms with Crippen molar-refractivity contribution in [1.29, 1.82) is 0 Å². The van der Waals surface area contributed by atoms with Crippen molar-refractivity contribution in [3.63, 3.8) is 0 Å². The summed E-state index contributed by atoms with van der Waals surface area (Å²) in [6.45, 7) is 4.00. The zero-order valence-electron chi connectivity index (χ0n) is 15.8. The second-order valence-electron chi connectivity index (χ2n) is 5.80. The molecule has 7 nitrogen and oxygen atoms in total. The summed E-state index contributed by atoms with van der Waals surface area (Å²) in [5, 5.41) is 23.0. The minimum atomic E-state index is -5.03. The van der Waals surface area contributed by atoms with Crippen LogP contribution in [-0.4, -0.2) is 25.0 Å². The van der Waals surface area contributed by atoms with Crippen molar-refractivity contribution in [2.24, 2.45) is 0 Å². The number of nitrogens with zero attached hydrogens (tertiary/aromatic N) is 3. The van der Waals surface area contributed by atoms with Gasteiger partial charge < -0.3 is 14.6 Å². The number of phenolic OH excluding ortho intramolecular Hbond substituents is 2. The molecule has 4 aromatic rings. The van der Waals surface area contributed by atoms with Gasteiger partial charge >= 0.3 is 6.18 Å². The van der Waals surface area contributed by atoms with Crippen molar-refractivity contribution in [3.8, 4) is 28.4 Å². The second kappa shape index (κ2) is 7.90. The van der Waals surface area contributed by atoms with E-state index in [1.54, 1.807) is 18.2 Å². The van der Waals surface area contributed by atoms with Crippen molar-refractivity contribution < 1.29 is 27.8 Å². The van der Waals surface area contributed by atoms with Gasteiger partial charge in [-0.3, -0.25) is 4.79 Å². The Morgan fingerprint density at radius 1 is 1.10 bits per heavy atom. The van der Waals surface area contributed by atoms with Crippen LogP contribution in [0.15, 0.2) is 58.1 Å². The quantitative estimate of drug-likeness (QED) is 0.464. The number of pyridine rings is 1. The Kier molecular flexibility index (Phi) is 5.50. The van der Waals surface area contributed by atoms with Gasteiger partial charge in [-0.1, -0.05) is 19.9 Å². The molecule has 0 spiro atoms. The summed E-state index contributed by atoms with van der Waals surface area (Å²) in [7, 11) is 0. The van der Waals surface area contributed by atoms with E-state index in [0.717, 1.165) is 18.3 Å². The Bertz CT molecular complexity index is 1250. The van der Waals surface area contributed by atoms with Crippen molar-refractivity contribution in [1.82, 2.24) is 14.8 Å². The molecule has 0 aliphatic heterocycles. The molecule has 10 heteroatoms. The molecule has 0 bridgehead atoms. The molecule has 2 N–H and O–H groups in total. The van der Waals surface area contributed by atoms with E-state index < -0.39 is 40.0 Å². The maximum Gasteiger partial charge on any atom is 0.450 e. The van der Waals surface area contributed by atoms with Gasteiger partial charge in [-0.15, -0.1) is 0 Å². The zero-order chi connectivity index (χ0) is 22.1. The third kappa shape index (κ3) is 3.59. The van der Waals surface area contributed by atoms with Gasteiger partial charge in [0.15, 0.2) is 17.2 Å². The SMILES string of the molecule is CC.O=c1c(-c2cnn(-c3ccccn3)c2)c(C(F)(F)F)oc2c(O)c(O)ccc12. The molecule has 0 atom stereocenters. The van der Waals surface area contributed by atoms with Crippen LogP contribution in [0.2, 0.25) is 0 Å². The van der Waals surface area contributed by atoms with Crippen molar-refractivity contribution in [2.45, 2.75) is 20.0 Å². The van der Waals surface area contributed by atoms with Crippen LogP contribution in [-0.2, 0) is 6.18 Å². The summed E-state index contributed by atoms with van der Waals surface area (Å²) in [6, 6.07) is 6.98. The molecule has 0 unspecified atom stereocenters. The number of rotatable bonds is 2. The average molecular weight is 419 g/mol. The average Bonchev–Trinajstić information content (AvgIpc) is 3.22. The molecule has 0 fully saturated rings. The molecule has 4 rings (SSSR count). The van der Waals surface area contributed by atoms with Crippen LogP contribution in [0.1, 0.15) is 19.6 Å². The maximum atomic E-state index is 13.6. The van der Waals surface area contributed by atoms with E-state index in [1.165, 1.54) is 17.1 Å². The third-order valence-corrected chi connectivity index (χ3v) is 4.03. The molecule has 0 saturated heterocycles. The minimum Gasteiger partial charge on any atom is -0.504 e. The fourth-order valence-corrected chi connectivity index (χ4v) is 2.76. The van der Waals surface area contributed by atoms with Crippen LogP contribution in [0.4, 0.5) is 13.2 Å². The number of hydrogen-bond donors (Lipinski definition) is 2. The Morgan fingerprint density at radius 3 is 2.47 bits per heavy atom. The van der Waals surface area contributed by atoms with Crippen LogP contribution < -0.4 is 5.43 Å². The smallest absolute Gasteiger partial charge is 0.450 e. The Morgan fingerprint density at radius 2 is 1.83 bits per heavy atom. The van der Waals surface area contributed by atoms with Crippen LogP contribution >= 0.6 is 0 Å². The third-order valence-electron chi connectivity index (χ3n) is 4.03. The molecule has 0 aliphatic carbocycles. The highest BCUT2D eigenvalue weighted by Crippen LogP contribution is 2.40. The molecular weight excluding hydrogens is 403 g/mol. The lowest BCUT2D eigenvalue weighted by atomic mass is 10.0. The first-order chi connectivity index (χ1) is 14.3. The van der Waals surface area contributed by atoms with E-state index in [0.29, 0.717) is 5.82 Å². The predicted octanol–water partition coefficient (Wildman–Crippen LogP) is 4.50. The molecule has 0 amide bonds. The monoisotopic (exact) mass is 419 g/mol. The molecule has 156 valence electrons. The van der Waals surface area contributed by atoms with Crippen molar-refractivity contribution in [3.05, 3.63) is 64.9 Å². The largest absolute Gasteiger partial charge is 0.504 e. The molecule has 0 saturated carbocycles. The fourth-order valence-electron chi connectivity index (χ4n) is 2.76. The van der Waals surface area contributed by atoms with Crippen LogP contribution in [0.25, 0.3) is 27.9 Å². The van der Waals surface area contributed by atoms with Crippen molar-refractivity contribution >= 4 is 11.0 Å². The molecule has 3 aromatic heterocycles. The molecule has 0 aliphatic rings. The van der Waals surface area contributed by atoms with Crippen LogP contribution in [0.5, 0.6) is 11.5 Å². The number of hydrogen-bond acceptors (Lipinski definition) is 6. The Balaban J connectivity index is 0.00000124. The second-order valence-corrected chi connectivity index (χ2v) is 5.80. The van der Waals surface area contributed by atoms with Gasteiger partial charge in [0.25, 0.3) is 0 Å². The first-order valence-corrected chi connectivity index (χ1v) is 8.83. The topological polar surface area (TPSA) is 101 Å². The van der Waals surface area contributed by atoms with E-state index in [-0.39, 0.29) is 10.9 Å². The summed E-state index contributed by atoms with van der Waals surface area (Å²) in [4.78, 5) is 16.8. The number of aromatic nitrogens is 3. The molecule has 30 heavy (non-hydrogen) atoms. The summed E-state index contributed by atoms with van der Waals surface area (Å²) >= 11 is 0. The molecular formula is C20H16F3N3O4. The van der Waals surface area contributed by atoms with Crippen molar-refractivity contribution in [2.75, 3.05) is 0 Å². The standard InChI is InChI=1S/C18H10F3N3O4.C2H6/c19-18(20,21)17-13(9-7-23-24(8-9)12-3-1-2-6-22-12)14(26)10-4-5-11(25)15(27)16(10)28-17;1-2/h1-8,25,27H;1-2H3. The number of phenols is 2. The number of benzene rings is 1. The molecule has 3 heterocycles. The lowest BCUT2D eigenvalue weighted by Gasteiger charge is -2.12. The number of fused-ring (bicyclic) bond motifs is 1. The fraction of sp³-hybridized carbons (Fsp3) is 0.150. The minimum absolute atomic E-state index is 0.138. The lowest BCUT2D eigenvalue weighted by Crippen LogP contribution is -2.16. The number of alkyl halides is 3. The van der Waals surface area contributed by atoms with E-state index in [2.05, 4.69) is 10.1 Å². The molecule has 1 aromatic carbocycles. The normalized spacial score (nSPS) is 11.2. The summed E-state index contributed by atoms with van der Waals surface area (Å²) in [5.41, 5.74) is -2.67. The Labute approximate surface area is 167 Å². The Hall–Kier alpha value is -3.82. The number of halogens is 3. The molecule has 0 radical (unpaired) electrons. The zero-order valence-corrected chi connectivity index (χ0v) is 15.8.